The van der Waals surface area contributed by atoms with Gasteiger partial charge < -0.3 is 19.7 Å². The van der Waals surface area contributed by atoms with E-state index in [1.165, 1.54) is 0 Å². The summed E-state index contributed by atoms with van der Waals surface area (Å²) in [4.78, 5) is 11.2. The highest BCUT2D eigenvalue weighted by atomic mass is 16.5. The number of ether oxygens (including phenoxy) is 2. The molecule has 2 aliphatic heterocycles. The second-order valence-corrected chi connectivity index (χ2v) is 7.99. The van der Waals surface area contributed by atoms with Gasteiger partial charge in [-0.05, 0) is 18.8 Å². The minimum atomic E-state index is 0.00545. The zero-order valence-electron chi connectivity index (χ0n) is 16.9. The van der Waals surface area contributed by atoms with E-state index in [4.69, 9.17) is 9.47 Å². The summed E-state index contributed by atoms with van der Waals surface area (Å²) < 4.78 is 13.8. The van der Waals surface area contributed by atoms with Crippen molar-refractivity contribution in [3.05, 3.63) is 30.4 Å². The Morgan fingerprint density at radius 1 is 1.21 bits per heavy atom. The standard InChI is InChI=1S/C20H30N6O2/c1-14(2)20-16(5-4-7-28-20)24-18-9-19(22-13-21-18)26-6-8-27-17(12-26)15-10-23-25(3)11-15/h9-11,13-14,16-17,20H,4-8,12H2,1-3H3,(H,21,22,24)/t16-,17+,20+/m1/s1. The fourth-order valence-electron chi connectivity index (χ4n) is 4.07. The van der Waals surface area contributed by atoms with E-state index >= 15 is 0 Å². The quantitative estimate of drug-likeness (QED) is 0.845. The Morgan fingerprint density at radius 3 is 2.89 bits per heavy atom. The predicted octanol–water partition coefficient (Wildman–Crippen LogP) is 2.40. The molecule has 2 saturated heterocycles. The molecule has 0 aromatic carbocycles. The first-order valence-corrected chi connectivity index (χ1v) is 10.2. The number of aromatic nitrogens is 4. The van der Waals surface area contributed by atoms with Gasteiger partial charge in [-0.15, -0.1) is 0 Å². The van der Waals surface area contributed by atoms with E-state index in [0.717, 1.165) is 49.7 Å². The third kappa shape index (κ3) is 4.28. The van der Waals surface area contributed by atoms with Crippen LogP contribution < -0.4 is 10.2 Å². The maximum atomic E-state index is 6.00. The highest BCUT2D eigenvalue weighted by Crippen LogP contribution is 2.27. The number of hydrogen-bond donors (Lipinski definition) is 1. The van der Waals surface area contributed by atoms with Crippen LogP contribution in [0.4, 0.5) is 11.6 Å². The smallest absolute Gasteiger partial charge is 0.134 e. The maximum absolute atomic E-state index is 6.00. The Balaban J connectivity index is 1.45. The molecule has 4 rings (SSSR count). The fourth-order valence-corrected chi connectivity index (χ4v) is 4.07. The van der Waals surface area contributed by atoms with E-state index in [9.17, 15) is 0 Å². The summed E-state index contributed by atoms with van der Waals surface area (Å²) in [6, 6.07) is 2.32. The summed E-state index contributed by atoms with van der Waals surface area (Å²) in [5.41, 5.74) is 1.10. The minimum Gasteiger partial charge on any atom is -0.376 e. The number of morpholine rings is 1. The van der Waals surface area contributed by atoms with Gasteiger partial charge in [-0.1, -0.05) is 13.8 Å². The van der Waals surface area contributed by atoms with Crippen LogP contribution in [-0.4, -0.2) is 58.2 Å². The average Bonchev–Trinajstić information content (AvgIpc) is 3.15. The summed E-state index contributed by atoms with van der Waals surface area (Å²) in [6.07, 6.45) is 7.92. The molecule has 2 aromatic heterocycles. The lowest BCUT2D eigenvalue weighted by molar-refractivity contribution is -0.0203. The Bertz CT molecular complexity index is 780. The van der Waals surface area contributed by atoms with E-state index in [-0.39, 0.29) is 18.2 Å². The van der Waals surface area contributed by atoms with Gasteiger partial charge in [0.05, 0.1) is 24.9 Å². The number of hydrogen-bond acceptors (Lipinski definition) is 7. The van der Waals surface area contributed by atoms with E-state index in [0.29, 0.717) is 12.5 Å². The van der Waals surface area contributed by atoms with Crippen molar-refractivity contribution < 1.29 is 9.47 Å². The summed E-state index contributed by atoms with van der Waals surface area (Å²) in [6.45, 7) is 7.50. The van der Waals surface area contributed by atoms with Crippen LogP contribution >= 0.6 is 0 Å². The number of nitrogens with one attached hydrogen (secondary N) is 1. The Kier molecular flexibility index (Phi) is 5.77. The average molecular weight is 387 g/mol. The lowest BCUT2D eigenvalue weighted by Gasteiger charge is -2.36. The molecular weight excluding hydrogens is 356 g/mol. The first-order chi connectivity index (χ1) is 13.6. The molecular formula is C20H30N6O2. The minimum absolute atomic E-state index is 0.00545. The third-order valence-corrected chi connectivity index (χ3v) is 5.50. The molecule has 0 radical (unpaired) electrons. The molecule has 0 aliphatic carbocycles. The Hall–Kier alpha value is -2.19. The van der Waals surface area contributed by atoms with Crippen molar-refractivity contribution in [1.82, 2.24) is 19.7 Å². The van der Waals surface area contributed by atoms with E-state index in [1.807, 2.05) is 30.2 Å². The van der Waals surface area contributed by atoms with Crippen LogP contribution in [0.2, 0.25) is 0 Å². The van der Waals surface area contributed by atoms with Crippen LogP contribution in [0.1, 0.15) is 38.4 Å². The molecule has 0 amide bonds. The van der Waals surface area contributed by atoms with Crippen LogP contribution in [0.5, 0.6) is 0 Å². The fraction of sp³-hybridized carbons (Fsp3) is 0.650. The molecule has 4 heterocycles. The predicted molar refractivity (Wildman–Crippen MR) is 107 cm³/mol. The molecule has 2 fully saturated rings. The number of aryl methyl sites for hydroxylation is 1. The number of anilines is 2. The van der Waals surface area contributed by atoms with Crippen molar-refractivity contribution in [1.29, 1.82) is 0 Å². The van der Waals surface area contributed by atoms with Crippen molar-refractivity contribution >= 4 is 11.6 Å². The molecule has 8 heteroatoms. The topological polar surface area (TPSA) is 77.3 Å². The number of nitrogens with zero attached hydrogens (tertiary/aromatic N) is 5. The molecule has 2 aromatic rings. The third-order valence-electron chi connectivity index (χ3n) is 5.50. The van der Waals surface area contributed by atoms with Gasteiger partial charge >= 0.3 is 0 Å². The zero-order valence-corrected chi connectivity index (χ0v) is 16.9. The molecule has 2 aliphatic rings. The van der Waals surface area contributed by atoms with Crippen molar-refractivity contribution in [3.8, 4) is 0 Å². The van der Waals surface area contributed by atoms with Crippen molar-refractivity contribution in [2.75, 3.05) is 36.5 Å². The molecule has 8 nitrogen and oxygen atoms in total. The lowest BCUT2D eigenvalue weighted by Crippen LogP contribution is -2.43. The van der Waals surface area contributed by atoms with Gasteiger partial charge in [0.15, 0.2) is 0 Å². The summed E-state index contributed by atoms with van der Waals surface area (Å²) in [7, 11) is 1.92. The molecule has 0 unspecified atom stereocenters. The normalized spacial score (nSPS) is 25.9. The van der Waals surface area contributed by atoms with Crippen LogP contribution in [-0.2, 0) is 16.5 Å². The highest BCUT2D eigenvalue weighted by molar-refractivity contribution is 5.49. The Morgan fingerprint density at radius 2 is 2.11 bits per heavy atom. The van der Waals surface area contributed by atoms with Crippen LogP contribution in [0.15, 0.2) is 24.8 Å². The van der Waals surface area contributed by atoms with Crippen LogP contribution in [0.3, 0.4) is 0 Å². The van der Waals surface area contributed by atoms with Crippen LogP contribution in [0.25, 0.3) is 0 Å². The van der Waals surface area contributed by atoms with Gasteiger partial charge in [0.25, 0.3) is 0 Å². The van der Waals surface area contributed by atoms with Gasteiger partial charge in [0.2, 0.25) is 0 Å². The van der Waals surface area contributed by atoms with Gasteiger partial charge in [-0.25, -0.2) is 9.97 Å². The lowest BCUT2D eigenvalue weighted by atomic mass is 9.94. The summed E-state index contributed by atoms with van der Waals surface area (Å²) in [5, 5.41) is 7.85. The molecule has 28 heavy (non-hydrogen) atoms. The first-order valence-electron chi connectivity index (χ1n) is 10.2. The zero-order chi connectivity index (χ0) is 19.5. The van der Waals surface area contributed by atoms with Crippen molar-refractivity contribution in [2.45, 2.75) is 44.9 Å². The molecule has 3 atom stereocenters. The molecule has 0 bridgehead atoms. The maximum Gasteiger partial charge on any atom is 0.134 e. The highest BCUT2D eigenvalue weighted by Gasteiger charge is 2.29. The van der Waals surface area contributed by atoms with Crippen molar-refractivity contribution in [3.63, 3.8) is 0 Å². The molecule has 1 N–H and O–H groups in total. The Labute approximate surface area is 166 Å². The van der Waals surface area contributed by atoms with Crippen LogP contribution in [0, 0.1) is 5.92 Å². The van der Waals surface area contributed by atoms with Gasteiger partial charge in [0, 0.05) is 44.6 Å². The SMILES string of the molecule is CC(C)[C@@H]1OCCC[C@H]1Nc1cc(N2CCO[C@H](c3cnn(C)c3)C2)ncn1. The number of rotatable bonds is 5. The molecule has 0 spiro atoms. The molecule has 0 saturated carbocycles. The summed E-state index contributed by atoms with van der Waals surface area (Å²) in [5.74, 6) is 2.25. The van der Waals surface area contributed by atoms with E-state index in [1.54, 1.807) is 6.33 Å². The van der Waals surface area contributed by atoms with E-state index < -0.39 is 0 Å². The monoisotopic (exact) mass is 386 g/mol. The molecule has 152 valence electrons. The first kappa shape index (κ1) is 19.1. The van der Waals surface area contributed by atoms with Crippen molar-refractivity contribution in [2.24, 2.45) is 13.0 Å². The second kappa shape index (κ2) is 8.45. The van der Waals surface area contributed by atoms with Gasteiger partial charge in [-0.3, -0.25) is 4.68 Å². The van der Waals surface area contributed by atoms with E-state index in [2.05, 4.69) is 39.1 Å². The van der Waals surface area contributed by atoms with Gasteiger partial charge in [0.1, 0.15) is 24.1 Å². The second-order valence-electron chi connectivity index (χ2n) is 7.99. The summed E-state index contributed by atoms with van der Waals surface area (Å²) >= 11 is 0. The largest absolute Gasteiger partial charge is 0.376 e. The van der Waals surface area contributed by atoms with Gasteiger partial charge in [-0.2, -0.15) is 5.10 Å².